The van der Waals surface area contributed by atoms with E-state index in [2.05, 4.69) is 110 Å². The van der Waals surface area contributed by atoms with Crippen molar-refractivity contribution in [3.63, 3.8) is 0 Å². The summed E-state index contributed by atoms with van der Waals surface area (Å²) in [5, 5.41) is 12.5. The molecule has 3 N–H and O–H groups in total. The van der Waals surface area contributed by atoms with Gasteiger partial charge in [-0.2, -0.15) is 5.10 Å². The van der Waals surface area contributed by atoms with Crippen molar-refractivity contribution in [3.8, 4) is 33.8 Å². The summed E-state index contributed by atoms with van der Waals surface area (Å²) in [5.41, 5.74) is 11.2. The molecule has 188 valence electrons. The van der Waals surface area contributed by atoms with Gasteiger partial charge in [0, 0.05) is 47.5 Å². The summed E-state index contributed by atoms with van der Waals surface area (Å²) < 4.78 is 0. The number of fused-ring (bicyclic) bond motifs is 2. The normalized spacial score (nSPS) is 11.4. The van der Waals surface area contributed by atoms with E-state index < -0.39 is 0 Å². The van der Waals surface area contributed by atoms with Crippen LogP contribution in [0.2, 0.25) is 0 Å². The molecule has 0 aliphatic rings. The summed E-state index contributed by atoms with van der Waals surface area (Å²) in [5.74, 6) is 0. The zero-order valence-corrected chi connectivity index (χ0v) is 21.2. The van der Waals surface area contributed by atoms with Crippen LogP contribution in [0.25, 0.3) is 55.7 Å². The monoisotopic (exact) mass is 506 g/mol. The fourth-order valence-corrected chi connectivity index (χ4v) is 5.09. The first kappa shape index (κ1) is 23.1. The largest absolute Gasteiger partial charge is 0.353 e. The first-order valence-electron chi connectivity index (χ1n) is 13.0. The second-order valence-corrected chi connectivity index (χ2v) is 9.65. The topological polar surface area (TPSA) is 82.3 Å². The molecule has 6 nitrogen and oxygen atoms in total. The number of benzene rings is 3. The number of pyridine rings is 2. The Kier molecular flexibility index (Phi) is 5.92. The number of aromatic amines is 2. The van der Waals surface area contributed by atoms with Crippen LogP contribution < -0.4 is 5.32 Å². The SMILES string of the molecule is c1ccc(CNCc2cccc(-c3ccc4[nH]nc(-c5cc6c(-c7cccnc7)cccc6[nH]5)c4n3)c2)cc1. The molecule has 0 saturated heterocycles. The first-order valence-corrected chi connectivity index (χ1v) is 13.0. The third-order valence-electron chi connectivity index (χ3n) is 7.02. The van der Waals surface area contributed by atoms with Crippen LogP contribution in [0.3, 0.4) is 0 Å². The maximum absolute atomic E-state index is 5.06. The molecule has 7 rings (SSSR count). The summed E-state index contributed by atoms with van der Waals surface area (Å²) in [4.78, 5) is 12.9. The number of hydrogen-bond acceptors (Lipinski definition) is 4. The van der Waals surface area contributed by atoms with Gasteiger partial charge in [0.25, 0.3) is 0 Å². The molecule has 0 atom stereocenters. The third-order valence-corrected chi connectivity index (χ3v) is 7.02. The van der Waals surface area contributed by atoms with Crippen LogP contribution in [-0.2, 0) is 13.1 Å². The molecule has 39 heavy (non-hydrogen) atoms. The summed E-state index contributed by atoms with van der Waals surface area (Å²) in [7, 11) is 0. The van der Waals surface area contributed by atoms with Gasteiger partial charge in [0.15, 0.2) is 0 Å². The molecule has 0 amide bonds. The second-order valence-electron chi connectivity index (χ2n) is 9.65. The zero-order chi connectivity index (χ0) is 26.0. The summed E-state index contributed by atoms with van der Waals surface area (Å²) in [6.07, 6.45) is 3.69. The zero-order valence-electron chi connectivity index (χ0n) is 21.2. The molecule has 6 heteroatoms. The van der Waals surface area contributed by atoms with E-state index in [9.17, 15) is 0 Å². The van der Waals surface area contributed by atoms with Crippen molar-refractivity contribution in [2.45, 2.75) is 13.1 Å². The van der Waals surface area contributed by atoms with Crippen LogP contribution in [0.1, 0.15) is 11.1 Å². The van der Waals surface area contributed by atoms with Gasteiger partial charge in [-0.25, -0.2) is 4.98 Å². The molecule has 3 aromatic carbocycles. The van der Waals surface area contributed by atoms with Crippen molar-refractivity contribution in [3.05, 3.63) is 127 Å². The van der Waals surface area contributed by atoms with E-state index in [1.165, 1.54) is 11.1 Å². The van der Waals surface area contributed by atoms with Crippen LogP contribution in [0.15, 0.2) is 116 Å². The van der Waals surface area contributed by atoms with Crippen molar-refractivity contribution in [2.75, 3.05) is 0 Å². The van der Waals surface area contributed by atoms with Crippen molar-refractivity contribution >= 4 is 21.9 Å². The van der Waals surface area contributed by atoms with Gasteiger partial charge in [0.1, 0.15) is 11.2 Å². The van der Waals surface area contributed by atoms with Gasteiger partial charge in [-0.3, -0.25) is 10.1 Å². The molecule has 4 heterocycles. The predicted molar refractivity (Wildman–Crippen MR) is 157 cm³/mol. The molecule has 0 aliphatic heterocycles. The number of rotatable bonds is 7. The van der Waals surface area contributed by atoms with Gasteiger partial charge in [-0.15, -0.1) is 0 Å². The van der Waals surface area contributed by atoms with Crippen LogP contribution >= 0.6 is 0 Å². The Morgan fingerprint density at radius 1 is 0.692 bits per heavy atom. The minimum Gasteiger partial charge on any atom is -0.353 e. The average molecular weight is 507 g/mol. The lowest BCUT2D eigenvalue weighted by Gasteiger charge is -2.08. The molecular formula is C33H26N6. The van der Waals surface area contributed by atoms with E-state index in [1.807, 2.05) is 24.4 Å². The maximum Gasteiger partial charge on any atom is 0.135 e. The minimum absolute atomic E-state index is 0.788. The molecular weight excluding hydrogens is 480 g/mol. The fourth-order valence-electron chi connectivity index (χ4n) is 5.09. The Labute approximate surface area is 225 Å². The standard InChI is InChI=1S/C33H26N6/c1-2-7-22(8-3-1)19-35-20-23-9-4-10-24(17-23)28-14-15-30-32(37-28)33(39-38-30)31-18-27-26(12-5-13-29(27)36-31)25-11-6-16-34-21-25/h1-18,21,35-36H,19-20H2,(H,38,39). The summed E-state index contributed by atoms with van der Waals surface area (Å²) >= 11 is 0. The highest BCUT2D eigenvalue weighted by molar-refractivity contribution is 6.00. The Morgan fingerprint density at radius 3 is 2.44 bits per heavy atom. The molecule has 0 spiro atoms. The van der Waals surface area contributed by atoms with Crippen molar-refractivity contribution < 1.29 is 0 Å². The first-order chi connectivity index (χ1) is 19.3. The molecule has 7 aromatic rings. The van der Waals surface area contributed by atoms with E-state index in [0.29, 0.717) is 0 Å². The fraction of sp³-hybridized carbons (Fsp3) is 0.0606. The van der Waals surface area contributed by atoms with Crippen LogP contribution in [0, 0.1) is 0 Å². The predicted octanol–water partition coefficient (Wildman–Crippen LogP) is 7.13. The highest BCUT2D eigenvalue weighted by Crippen LogP contribution is 2.34. The Hall–Kier alpha value is -5.07. The lowest BCUT2D eigenvalue weighted by atomic mass is 10.0. The quantitative estimate of drug-likeness (QED) is 0.215. The van der Waals surface area contributed by atoms with Gasteiger partial charge in [0.05, 0.1) is 16.9 Å². The van der Waals surface area contributed by atoms with Crippen molar-refractivity contribution in [2.24, 2.45) is 0 Å². The van der Waals surface area contributed by atoms with Gasteiger partial charge in [0.2, 0.25) is 0 Å². The van der Waals surface area contributed by atoms with E-state index in [4.69, 9.17) is 4.98 Å². The average Bonchev–Trinajstić information content (AvgIpc) is 3.62. The lowest BCUT2D eigenvalue weighted by Crippen LogP contribution is -2.12. The molecule has 0 radical (unpaired) electrons. The highest BCUT2D eigenvalue weighted by Gasteiger charge is 2.15. The van der Waals surface area contributed by atoms with E-state index in [0.717, 1.165) is 68.8 Å². The summed E-state index contributed by atoms with van der Waals surface area (Å²) in [6.45, 7) is 1.62. The maximum atomic E-state index is 5.06. The minimum atomic E-state index is 0.788. The van der Waals surface area contributed by atoms with Crippen LogP contribution in [0.4, 0.5) is 0 Å². The van der Waals surface area contributed by atoms with E-state index in [1.54, 1.807) is 6.20 Å². The smallest absolute Gasteiger partial charge is 0.135 e. The molecule has 4 aromatic heterocycles. The van der Waals surface area contributed by atoms with Gasteiger partial charge in [-0.05, 0) is 53.1 Å². The second kappa shape index (κ2) is 10.0. The van der Waals surface area contributed by atoms with Crippen LogP contribution in [-0.4, -0.2) is 25.1 Å². The Bertz CT molecular complexity index is 1890. The molecule has 0 fully saturated rings. The number of aromatic nitrogens is 5. The molecule has 0 aliphatic carbocycles. The Morgan fingerprint density at radius 2 is 1.54 bits per heavy atom. The Balaban J connectivity index is 1.20. The van der Waals surface area contributed by atoms with E-state index in [-0.39, 0.29) is 0 Å². The number of H-pyrrole nitrogens is 2. The van der Waals surface area contributed by atoms with Gasteiger partial charge < -0.3 is 10.3 Å². The van der Waals surface area contributed by atoms with Gasteiger partial charge in [-0.1, -0.05) is 66.7 Å². The van der Waals surface area contributed by atoms with Crippen molar-refractivity contribution in [1.82, 2.24) is 30.5 Å². The highest BCUT2D eigenvalue weighted by atomic mass is 15.1. The van der Waals surface area contributed by atoms with Crippen LogP contribution in [0.5, 0.6) is 0 Å². The number of nitrogens with one attached hydrogen (secondary N) is 3. The number of hydrogen-bond donors (Lipinski definition) is 3. The number of nitrogens with zero attached hydrogens (tertiary/aromatic N) is 3. The molecule has 0 bridgehead atoms. The molecule has 0 saturated carbocycles. The molecule has 0 unspecified atom stereocenters. The third kappa shape index (κ3) is 4.58. The lowest BCUT2D eigenvalue weighted by molar-refractivity contribution is 0.693. The summed E-state index contributed by atoms with van der Waals surface area (Å²) in [6, 6.07) is 35.6. The van der Waals surface area contributed by atoms with Crippen molar-refractivity contribution in [1.29, 1.82) is 0 Å². The van der Waals surface area contributed by atoms with Gasteiger partial charge >= 0.3 is 0 Å². The van der Waals surface area contributed by atoms with E-state index >= 15 is 0 Å².